The third-order valence-electron chi connectivity index (χ3n) is 3.72. The van der Waals surface area contributed by atoms with Crippen LogP contribution in [0.3, 0.4) is 0 Å². The molecule has 0 amide bonds. The minimum absolute atomic E-state index is 0.0510. The number of aliphatic hydroxyl groups excluding tert-OH is 1. The Hall–Kier alpha value is -0.0800. The monoisotopic (exact) mass is 185 g/mol. The molecule has 0 heterocycles. The lowest BCUT2D eigenvalue weighted by molar-refractivity contribution is 0.0405. The van der Waals surface area contributed by atoms with Crippen LogP contribution >= 0.6 is 0 Å². The lowest BCUT2D eigenvalue weighted by Crippen LogP contribution is -2.39. The van der Waals surface area contributed by atoms with Crippen LogP contribution in [0.2, 0.25) is 0 Å². The summed E-state index contributed by atoms with van der Waals surface area (Å²) in [6.07, 6.45) is 5.36. The van der Waals surface area contributed by atoms with Crippen molar-refractivity contribution in [3.8, 4) is 0 Å². The summed E-state index contributed by atoms with van der Waals surface area (Å²) in [4.78, 5) is 0. The van der Waals surface area contributed by atoms with Crippen molar-refractivity contribution in [3.05, 3.63) is 0 Å². The average molecular weight is 185 g/mol. The first-order chi connectivity index (χ1) is 6.14. The topological polar surface area (TPSA) is 46.2 Å². The number of rotatable bonds is 4. The number of aliphatic hydroxyl groups is 1. The Morgan fingerprint density at radius 1 is 1.62 bits per heavy atom. The fourth-order valence-corrected chi connectivity index (χ4v) is 2.52. The van der Waals surface area contributed by atoms with Crippen LogP contribution in [0.5, 0.6) is 0 Å². The van der Waals surface area contributed by atoms with E-state index in [1.165, 1.54) is 6.42 Å². The first-order valence-corrected chi connectivity index (χ1v) is 5.52. The van der Waals surface area contributed by atoms with E-state index in [2.05, 4.69) is 13.8 Å². The van der Waals surface area contributed by atoms with E-state index in [1.54, 1.807) is 0 Å². The van der Waals surface area contributed by atoms with Gasteiger partial charge in [0, 0.05) is 12.0 Å². The molecule has 0 bridgehead atoms. The molecule has 0 aromatic carbocycles. The molecule has 3 unspecified atom stereocenters. The first kappa shape index (κ1) is 11.0. The van der Waals surface area contributed by atoms with Gasteiger partial charge in [0.2, 0.25) is 0 Å². The maximum atomic E-state index is 9.90. The molecule has 0 aromatic heterocycles. The molecule has 3 atom stereocenters. The van der Waals surface area contributed by atoms with Gasteiger partial charge >= 0.3 is 0 Å². The summed E-state index contributed by atoms with van der Waals surface area (Å²) in [5, 5.41) is 9.90. The van der Waals surface area contributed by atoms with Crippen molar-refractivity contribution in [3.63, 3.8) is 0 Å². The lowest BCUT2D eigenvalue weighted by atomic mass is 9.76. The van der Waals surface area contributed by atoms with Gasteiger partial charge in [-0.1, -0.05) is 26.7 Å². The highest BCUT2D eigenvalue weighted by molar-refractivity contribution is 4.93. The zero-order chi connectivity index (χ0) is 9.90. The van der Waals surface area contributed by atoms with Crippen molar-refractivity contribution in [2.24, 2.45) is 17.1 Å². The third kappa shape index (κ3) is 2.23. The second kappa shape index (κ2) is 4.43. The van der Waals surface area contributed by atoms with Crippen LogP contribution < -0.4 is 5.73 Å². The summed E-state index contributed by atoms with van der Waals surface area (Å²) in [5.41, 5.74) is 5.85. The number of hydrogen-bond donors (Lipinski definition) is 2. The Kier molecular flexibility index (Phi) is 3.74. The van der Waals surface area contributed by atoms with Crippen LogP contribution in [-0.4, -0.2) is 17.8 Å². The van der Waals surface area contributed by atoms with Gasteiger partial charge in [0.25, 0.3) is 0 Å². The third-order valence-corrected chi connectivity index (χ3v) is 3.72. The number of hydrogen-bond acceptors (Lipinski definition) is 2. The van der Waals surface area contributed by atoms with Gasteiger partial charge in [-0.15, -0.1) is 0 Å². The van der Waals surface area contributed by atoms with Crippen molar-refractivity contribution >= 4 is 0 Å². The minimum Gasteiger partial charge on any atom is -0.393 e. The van der Waals surface area contributed by atoms with Gasteiger partial charge in [-0.3, -0.25) is 0 Å². The van der Waals surface area contributed by atoms with Crippen molar-refractivity contribution in [2.45, 2.75) is 52.1 Å². The summed E-state index contributed by atoms with van der Waals surface area (Å²) >= 11 is 0. The molecule has 0 saturated heterocycles. The van der Waals surface area contributed by atoms with E-state index in [9.17, 15) is 5.11 Å². The Labute approximate surface area is 81.5 Å². The smallest absolute Gasteiger partial charge is 0.0608 e. The second-order valence-corrected chi connectivity index (χ2v) is 4.69. The number of nitrogens with two attached hydrogens (primary N) is 1. The molecule has 1 saturated carbocycles. The van der Waals surface area contributed by atoms with Gasteiger partial charge < -0.3 is 10.8 Å². The normalized spacial score (nSPS) is 36.5. The SMILES string of the molecule is CCC(C)CC1(CN)CCCC1O. The minimum atomic E-state index is -0.147. The van der Waals surface area contributed by atoms with Gasteiger partial charge in [0.05, 0.1) is 6.10 Å². The Morgan fingerprint density at radius 2 is 2.31 bits per heavy atom. The van der Waals surface area contributed by atoms with Crippen molar-refractivity contribution in [1.29, 1.82) is 0 Å². The fraction of sp³-hybridized carbons (Fsp3) is 1.00. The molecule has 2 heteroatoms. The zero-order valence-corrected chi connectivity index (χ0v) is 8.92. The van der Waals surface area contributed by atoms with Gasteiger partial charge in [0.15, 0.2) is 0 Å². The van der Waals surface area contributed by atoms with E-state index in [0.717, 1.165) is 25.7 Å². The zero-order valence-electron chi connectivity index (χ0n) is 8.92. The molecular weight excluding hydrogens is 162 g/mol. The van der Waals surface area contributed by atoms with Crippen molar-refractivity contribution < 1.29 is 5.11 Å². The van der Waals surface area contributed by atoms with E-state index < -0.39 is 0 Å². The molecule has 1 fully saturated rings. The van der Waals surface area contributed by atoms with Crippen molar-refractivity contribution in [2.75, 3.05) is 6.54 Å². The predicted molar refractivity (Wildman–Crippen MR) is 55.4 cm³/mol. The average Bonchev–Trinajstić information content (AvgIpc) is 2.48. The molecule has 0 radical (unpaired) electrons. The maximum absolute atomic E-state index is 9.90. The second-order valence-electron chi connectivity index (χ2n) is 4.69. The van der Waals surface area contributed by atoms with Crippen LogP contribution in [0.1, 0.15) is 46.0 Å². The van der Waals surface area contributed by atoms with Crippen LogP contribution in [-0.2, 0) is 0 Å². The summed E-state index contributed by atoms with van der Waals surface area (Å²) in [6.45, 7) is 5.11. The fourth-order valence-electron chi connectivity index (χ4n) is 2.52. The summed E-state index contributed by atoms with van der Waals surface area (Å²) in [5.74, 6) is 0.691. The molecule has 3 N–H and O–H groups in total. The molecule has 1 aliphatic rings. The highest BCUT2D eigenvalue weighted by Gasteiger charge is 2.41. The largest absolute Gasteiger partial charge is 0.393 e. The Morgan fingerprint density at radius 3 is 2.69 bits per heavy atom. The Bertz CT molecular complexity index is 160. The quantitative estimate of drug-likeness (QED) is 0.703. The van der Waals surface area contributed by atoms with Gasteiger partial charge in [-0.25, -0.2) is 0 Å². The first-order valence-electron chi connectivity index (χ1n) is 5.52. The molecule has 0 spiro atoms. The van der Waals surface area contributed by atoms with Crippen molar-refractivity contribution in [1.82, 2.24) is 0 Å². The molecule has 13 heavy (non-hydrogen) atoms. The molecule has 0 aromatic rings. The molecule has 2 nitrogen and oxygen atoms in total. The summed E-state index contributed by atoms with van der Waals surface area (Å²) in [6, 6.07) is 0. The van der Waals surface area contributed by atoms with Gasteiger partial charge in [-0.2, -0.15) is 0 Å². The van der Waals surface area contributed by atoms with Gasteiger partial charge in [0.1, 0.15) is 0 Å². The highest BCUT2D eigenvalue weighted by Crippen LogP contribution is 2.42. The van der Waals surface area contributed by atoms with Gasteiger partial charge in [-0.05, 0) is 25.2 Å². The predicted octanol–water partition coefficient (Wildman–Crippen LogP) is 1.91. The Balaban J connectivity index is 2.58. The van der Waals surface area contributed by atoms with Crippen LogP contribution in [0.25, 0.3) is 0 Å². The molecule has 78 valence electrons. The summed E-state index contributed by atoms with van der Waals surface area (Å²) < 4.78 is 0. The summed E-state index contributed by atoms with van der Waals surface area (Å²) in [7, 11) is 0. The molecule has 1 aliphatic carbocycles. The van der Waals surface area contributed by atoms with E-state index >= 15 is 0 Å². The van der Waals surface area contributed by atoms with Crippen LogP contribution in [0.4, 0.5) is 0 Å². The van der Waals surface area contributed by atoms with E-state index in [1.807, 2.05) is 0 Å². The van der Waals surface area contributed by atoms with E-state index in [4.69, 9.17) is 5.73 Å². The van der Waals surface area contributed by atoms with Crippen LogP contribution in [0, 0.1) is 11.3 Å². The highest BCUT2D eigenvalue weighted by atomic mass is 16.3. The maximum Gasteiger partial charge on any atom is 0.0608 e. The van der Waals surface area contributed by atoms with Crippen LogP contribution in [0.15, 0.2) is 0 Å². The standard InChI is InChI=1S/C11H23NO/c1-3-9(2)7-11(8-12)6-4-5-10(11)13/h9-10,13H,3-8,12H2,1-2H3. The lowest BCUT2D eigenvalue weighted by Gasteiger charge is -2.33. The molecule has 0 aliphatic heterocycles. The molecule has 1 rings (SSSR count). The molecular formula is C11H23NO. The van der Waals surface area contributed by atoms with E-state index in [0.29, 0.717) is 12.5 Å². The van der Waals surface area contributed by atoms with E-state index in [-0.39, 0.29) is 11.5 Å².